The van der Waals surface area contributed by atoms with E-state index >= 15 is 0 Å². The number of aromatic nitrogens is 1. The predicted octanol–water partition coefficient (Wildman–Crippen LogP) is 2.74. The number of carboxylic acids is 1. The standard InChI is InChI=1S/C17H26N2O2/c1-12-15(7-6-14(16(20)21)17(12,2)3)19-10-8-13-5-4-9-18-11-13/h4-5,9,11-12,14-15,19H,6-8,10H2,1-3H3,(H,20,21). The van der Waals surface area contributed by atoms with E-state index in [2.05, 4.69) is 37.1 Å². The van der Waals surface area contributed by atoms with E-state index < -0.39 is 5.97 Å². The van der Waals surface area contributed by atoms with Gasteiger partial charge in [-0.1, -0.05) is 26.8 Å². The minimum atomic E-state index is -0.652. The van der Waals surface area contributed by atoms with Crippen LogP contribution < -0.4 is 5.32 Å². The highest BCUT2D eigenvalue weighted by atomic mass is 16.4. The fourth-order valence-electron chi connectivity index (χ4n) is 3.47. The highest BCUT2D eigenvalue weighted by molar-refractivity contribution is 5.71. The second-order valence-electron chi connectivity index (χ2n) is 6.75. The Hall–Kier alpha value is -1.42. The lowest BCUT2D eigenvalue weighted by Crippen LogP contribution is -2.51. The van der Waals surface area contributed by atoms with Crippen molar-refractivity contribution < 1.29 is 9.90 Å². The zero-order chi connectivity index (χ0) is 15.5. The molecule has 1 aliphatic carbocycles. The van der Waals surface area contributed by atoms with Crippen LogP contribution in [-0.4, -0.2) is 28.6 Å². The zero-order valence-electron chi connectivity index (χ0n) is 13.2. The molecule has 116 valence electrons. The van der Waals surface area contributed by atoms with Gasteiger partial charge >= 0.3 is 5.97 Å². The average molecular weight is 290 g/mol. The molecule has 0 spiro atoms. The van der Waals surface area contributed by atoms with Crippen LogP contribution in [0.5, 0.6) is 0 Å². The van der Waals surface area contributed by atoms with E-state index in [0.717, 1.165) is 25.8 Å². The van der Waals surface area contributed by atoms with Gasteiger partial charge in [0.1, 0.15) is 0 Å². The summed E-state index contributed by atoms with van der Waals surface area (Å²) in [5, 5.41) is 13.0. The van der Waals surface area contributed by atoms with Crippen molar-refractivity contribution >= 4 is 5.97 Å². The summed E-state index contributed by atoms with van der Waals surface area (Å²) >= 11 is 0. The second-order valence-corrected chi connectivity index (χ2v) is 6.75. The van der Waals surface area contributed by atoms with Gasteiger partial charge in [0.15, 0.2) is 0 Å². The van der Waals surface area contributed by atoms with Gasteiger partial charge in [-0.15, -0.1) is 0 Å². The van der Waals surface area contributed by atoms with E-state index in [4.69, 9.17) is 0 Å². The number of nitrogens with zero attached hydrogens (tertiary/aromatic N) is 1. The molecule has 21 heavy (non-hydrogen) atoms. The third kappa shape index (κ3) is 3.62. The van der Waals surface area contributed by atoms with Crippen molar-refractivity contribution in [1.29, 1.82) is 0 Å². The van der Waals surface area contributed by atoms with Gasteiger partial charge < -0.3 is 10.4 Å². The normalized spacial score (nSPS) is 28.2. The lowest BCUT2D eigenvalue weighted by Gasteiger charge is -2.46. The van der Waals surface area contributed by atoms with Crippen molar-refractivity contribution in [2.24, 2.45) is 17.3 Å². The van der Waals surface area contributed by atoms with Crippen molar-refractivity contribution in [3.8, 4) is 0 Å². The number of rotatable bonds is 5. The van der Waals surface area contributed by atoms with E-state index in [1.165, 1.54) is 5.56 Å². The molecule has 1 aromatic rings. The van der Waals surface area contributed by atoms with Crippen molar-refractivity contribution in [2.45, 2.75) is 46.1 Å². The first-order valence-corrected chi connectivity index (χ1v) is 7.78. The molecule has 0 saturated heterocycles. The van der Waals surface area contributed by atoms with Crippen molar-refractivity contribution in [2.75, 3.05) is 6.54 Å². The number of carboxylic acid groups (broad SMARTS) is 1. The Morgan fingerprint density at radius 1 is 1.48 bits per heavy atom. The maximum Gasteiger partial charge on any atom is 0.307 e. The zero-order valence-corrected chi connectivity index (χ0v) is 13.2. The molecule has 3 atom stereocenters. The molecule has 0 amide bonds. The summed E-state index contributed by atoms with van der Waals surface area (Å²) in [6.45, 7) is 7.27. The first kappa shape index (κ1) is 16.0. The Kier molecular flexibility index (Phi) is 4.99. The molecule has 4 nitrogen and oxygen atoms in total. The molecule has 1 fully saturated rings. The van der Waals surface area contributed by atoms with Gasteiger partial charge in [0.05, 0.1) is 5.92 Å². The fraction of sp³-hybridized carbons (Fsp3) is 0.647. The molecule has 1 saturated carbocycles. The van der Waals surface area contributed by atoms with E-state index in [1.54, 1.807) is 6.20 Å². The molecule has 0 aliphatic heterocycles. The van der Waals surface area contributed by atoms with Gasteiger partial charge in [0, 0.05) is 18.4 Å². The SMILES string of the molecule is CC1C(NCCc2cccnc2)CCC(C(=O)O)C1(C)C. The summed E-state index contributed by atoms with van der Waals surface area (Å²) in [5.41, 5.74) is 1.06. The average Bonchev–Trinajstić information content (AvgIpc) is 2.44. The lowest BCUT2D eigenvalue weighted by atomic mass is 9.61. The van der Waals surface area contributed by atoms with Gasteiger partial charge in [0.25, 0.3) is 0 Å². The predicted molar refractivity (Wildman–Crippen MR) is 83.0 cm³/mol. The van der Waals surface area contributed by atoms with Crippen LogP contribution in [0.4, 0.5) is 0 Å². The molecular formula is C17H26N2O2. The third-order valence-corrected chi connectivity index (χ3v) is 5.28. The van der Waals surface area contributed by atoms with E-state index in [-0.39, 0.29) is 11.3 Å². The van der Waals surface area contributed by atoms with E-state index in [9.17, 15) is 9.90 Å². The summed E-state index contributed by atoms with van der Waals surface area (Å²) in [6.07, 6.45) is 6.34. The van der Waals surface area contributed by atoms with Gasteiger partial charge in [-0.3, -0.25) is 9.78 Å². The van der Waals surface area contributed by atoms with Crippen LogP contribution in [0.1, 0.15) is 39.2 Å². The Labute approximate surface area is 127 Å². The van der Waals surface area contributed by atoms with Gasteiger partial charge in [0.2, 0.25) is 0 Å². The van der Waals surface area contributed by atoms with Crippen LogP contribution in [0.15, 0.2) is 24.5 Å². The highest BCUT2D eigenvalue weighted by Gasteiger charge is 2.45. The quantitative estimate of drug-likeness (QED) is 0.875. The van der Waals surface area contributed by atoms with Gasteiger partial charge in [-0.25, -0.2) is 0 Å². The van der Waals surface area contributed by atoms with E-state index in [1.807, 2.05) is 12.3 Å². The monoisotopic (exact) mass is 290 g/mol. The summed E-state index contributed by atoms with van der Waals surface area (Å²) in [5.74, 6) is -0.536. The van der Waals surface area contributed by atoms with Crippen LogP contribution in [0, 0.1) is 17.3 Å². The minimum Gasteiger partial charge on any atom is -0.481 e. The molecule has 2 rings (SSSR count). The van der Waals surface area contributed by atoms with Crippen LogP contribution >= 0.6 is 0 Å². The van der Waals surface area contributed by atoms with Crippen molar-refractivity contribution in [3.05, 3.63) is 30.1 Å². The van der Waals surface area contributed by atoms with Crippen LogP contribution in [0.25, 0.3) is 0 Å². The molecule has 0 aromatic carbocycles. The second kappa shape index (κ2) is 6.56. The number of pyridine rings is 1. The summed E-state index contributed by atoms with van der Waals surface area (Å²) in [7, 11) is 0. The topological polar surface area (TPSA) is 62.2 Å². The highest BCUT2D eigenvalue weighted by Crippen LogP contribution is 2.45. The Bertz CT molecular complexity index is 473. The maximum atomic E-state index is 11.4. The van der Waals surface area contributed by atoms with Crippen LogP contribution in [0.2, 0.25) is 0 Å². The molecule has 1 heterocycles. The van der Waals surface area contributed by atoms with Crippen molar-refractivity contribution in [3.63, 3.8) is 0 Å². The molecular weight excluding hydrogens is 264 g/mol. The summed E-state index contributed by atoms with van der Waals surface area (Å²) in [6, 6.07) is 4.44. The number of nitrogens with one attached hydrogen (secondary N) is 1. The molecule has 1 aliphatic rings. The molecule has 1 aromatic heterocycles. The van der Waals surface area contributed by atoms with Gasteiger partial charge in [-0.05, 0) is 48.8 Å². The smallest absolute Gasteiger partial charge is 0.307 e. The fourth-order valence-corrected chi connectivity index (χ4v) is 3.47. The lowest BCUT2D eigenvalue weighted by molar-refractivity contribution is -0.150. The maximum absolute atomic E-state index is 11.4. The number of hydrogen-bond donors (Lipinski definition) is 2. The van der Waals surface area contributed by atoms with Crippen molar-refractivity contribution in [1.82, 2.24) is 10.3 Å². The van der Waals surface area contributed by atoms with Gasteiger partial charge in [-0.2, -0.15) is 0 Å². The summed E-state index contributed by atoms with van der Waals surface area (Å²) in [4.78, 5) is 15.5. The molecule has 3 unspecified atom stereocenters. The summed E-state index contributed by atoms with van der Waals surface area (Å²) < 4.78 is 0. The minimum absolute atomic E-state index is 0.171. The van der Waals surface area contributed by atoms with Crippen LogP contribution in [-0.2, 0) is 11.2 Å². The van der Waals surface area contributed by atoms with Crippen LogP contribution in [0.3, 0.4) is 0 Å². The number of hydrogen-bond acceptors (Lipinski definition) is 3. The Morgan fingerprint density at radius 3 is 2.86 bits per heavy atom. The first-order valence-electron chi connectivity index (χ1n) is 7.78. The Balaban J connectivity index is 1.89. The Morgan fingerprint density at radius 2 is 2.24 bits per heavy atom. The number of aliphatic carboxylic acids is 1. The third-order valence-electron chi connectivity index (χ3n) is 5.28. The molecule has 0 radical (unpaired) electrons. The number of carbonyl (C=O) groups is 1. The van der Waals surface area contributed by atoms with E-state index in [0.29, 0.717) is 12.0 Å². The first-order chi connectivity index (χ1) is 9.93. The molecule has 4 heteroatoms. The largest absolute Gasteiger partial charge is 0.481 e. The molecule has 0 bridgehead atoms. The molecule has 2 N–H and O–H groups in total.